The second-order valence-corrected chi connectivity index (χ2v) is 3.87. The van der Waals surface area contributed by atoms with Crippen molar-refractivity contribution in [3.63, 3.8) is 0 Å². The van der Waals surface area contributed by atoms with E-state index in [1.165, 1.54) is 14.0 Å². The van der Waals surface area contributed by atoms with E-state index in [9.17, 15) is 4.79 Å². The average Bonchev–Trinajstić information content (AvgIpc) is 2.16. The highest BCUT2D eigenvalue weighted by Gasteiger charge is 2.12. The number of methoxy groups -OCH3 is 1. The summed E-state index contributed by atoms with van der Waals surface area (Å²) in [6.07, 6.45) is 0. The molecule has 1 rings (SSSR count). The van der Waals surface area contributed by atoms with E-state index in [0.717, 1.165) is 3.57 Å². The number of halogens is 1. The molecule has 0 aliphatic carbocycles. The Morgan fingerprint density at radius 1 is 1.57 bits per heavy atom. The molecule has 0 saturated heterocycles. The first-order valence-electron chi connectivity index (χ1n) is 3.88. The van der Waals surface area contributed by atoms with Crippen LogP contribution < -0.4 is 4.74 Å². The van der Waals surface area contributed by atoms with Gasteiger partial charge in [0, 0.05) is 0 Å². The van der Waals surface area contributed by atoms with Crippen LogP contribution >= 0.6 is 22.6 Å². The van der Waals surface area contributed by atoms with Crippen LogP contribution in [0.5, 0.6) is 5.75 Å². The highest BCUT2D eigenvalue weighted by molar-refractivity contribution is 14.1. The third kappa shape index (κ3) is 2.04. The molecule has 0 N–H and O–H groups in total. The molecular formula is C10H8INO2. The van der Waals surface area contributed by atoms with Crippen molar-refractivity contribution < 1.29 is 9.53 Å². The predicted octanol–water partition coefficient (Wildman–Crippen LogP) is 2.37. The van der Waals surface area contributed by atoms with Crippen molar-refractivity contribution in [3.05, 3.63) is 26.8 Å². The fraction of sp³-hybridized carbons (Fsp3) is 0.200. The fourth-order valence-electron chi connectivity index (χ4n) is 1.13. The maximum absolute atomic E-state index is 11.3. The molecule has 4 heteroatoms. The van der Waals surface area contributed by atoms with Crippen molar-refractivity contribution in [2.75, 3.05) is 7.11 Å². The lowest BCUT2D eigenvalue weighted by molar-refractivity contribution is 0.101. The standard InChI is InChI=1S/C10H8INO2/c1-6(13)8-3-7(5-12)4-9(11)10(8)14-2/h3-4H,1-2H3. The maximum atomic E-state index is 11.3. The van der Waals surface area contributed by atoms with Crippen LogP contribution in [0.1, 0.15) is 22.8 Å². The van der Waals surface area contributed by atoms with Crippen molar-refractivity contribution >= 4 is 28.4 Å². The highest BCUT2D eigenvalue weighted by atomic mass is 127. The van der Waals surface area contributed by atoms with E-state index in [1.807, 2.05) is 28.7 Å². The molecule has 0 fully saturated rings. The van der Waals surface area contributed by atoms with Crippen molar-refractivity contribution in [1.82, 2.24) is 0 Å². The number of hydrogen-bond acceptors (Lipinski definition) is 3. The largest absolute Gasteiger partial charge is 0.495 e. The third-order valence-electron chi connectivity index (χ3n) is 1.76. The minimum atomic E-state index is -0.100. The summed E-state index contributed by atoms with van der Waals surface area (Å²) in [6.45, 7) is 1.45. The van der Waals surface area contributed by atoms with E-state index >= 15 is 0 Å². The lowest BCUT2D eigenvalue weighted by Crippen LogP contribution is -2.00. The first kappa shape index (κ1) is 11.0. The lowest BCUT2D eigenvalue weighted by Gasteiger charge is -2.08. The normalized spacial score (nSPS) is 9.29. The number of rotatable bonds is 2. The second kappa shape index (κ2) is 4.42. The number of Topliss-reactive ketones (excluding diaryl/α,β-unsaturated/α-hetero) is 1. The molecule has 0 heterocycles. The molecule has 0 saturated carbocycles. The second-order valence-electron chi connectivity index (χ2n) is 2.71. The summed E-state index contributed by atoms with van der Waals surface area (Å²) in [5.74, 6) is 0.439. The molecule has 0 amide bonds. The maximum Gasteiger partial charge on any atom is 0.163 e. The van der Waals surface area contributed by atoms with Crippen molar-refractivity contribution in [1.29, 1.82) is 5.26 Å². The molecule has 72 valence electrons. The molecule has 0 aliphatic rings. The Kier molecular flexibility index (Phi) is 3.47. The molecule has 0 radical (unpaired) electrons. The molecule has 0 unspecified atom stereocenters. The van der Waals surface area contributed by atoms with Gasteiger partial charge in [0.2, 0.25) is 0 Å². The van der Waals surface area contributed by atoms with E-state index < -0.39 is 0 Å². The van der Waals surface area contributed by atoms with E-state index in [2.05, 4.69) is 0 Å². The lowest BCUT2D eigenvalue weighted by atomic mass is 10.1. The van der Waals surface area contributed by atoms with Gasteiger partial charge in [-0.2, -0.15) is 5.26 Å². The summed E-state index contributed by atoms with van der Waals surface area (Å²) in [5, 5.41) is 8.73. The molecule has 1 aromatic rings. The van der Waals surface area contributed by atoms with E-state index in [0.29, 0.717) is 16.9 Å². The van der Waals surface area contributed by atoms with Gasteiger partial charge in [0.15, 0.2) is 5.78 Å². The molecule has 1 aromatic carbocycles. The zero-order valence-electron chi connectivity index (χ0n) is 7.80. The summed E-state index contributed by atoms with van der Waals surface area (Å²) in [4.78, 5) is 11.3. The molecule has 14 heavy (non-hydrogen) atoms. The highest BCUT2D eigenvalue weighted by Crippen LogP contribution is 2.27. The van der Waals surface area contributed by atoms with Gasteiger partial charge in [-0.25, -0.2) is 0 Å². The van der Waals surface area contributed by atoms with Gasteiger partial charge in [-0.1, -0.05) is 0 Å². The Labute approximate surface area is 95.8 Å². The fourth-order valence-corrected chi connectivity index (χ4v) is 1.97. The van der Waals surface area contributed by atoms with Crippen LogP contribution in [0.4, 0.5) is 0 Å². The smallest absolute Gasteiger partial charge is 0.163 e. The quantitative estimate of drug-likeness (QED) is 0.622. The first-order chi connectivity index (χ1) is 6.60. The Morgan fingerprint density at radius 3 is 2.64 bits per heavy atom. The minimum Gasteiger partial charge on any atom is -0.495 e. The van der Waals surface area contributed by atoms with Gasteiger partial charge in [0.25, 0.3) is 0 Å². The van der Waals surface area contributed by atoms with Gasteiger partial charge in [-0.15, -0.1) is 0 Å². The van der Waals surface area contributed by atoms with Crippen LogP contribution in [-0.4, -0.2) is 12.9 Å². The molecule has 0 aromatic heterocycles. The van der Waals surface area contributed by atoms with Crippen LogP contribution in [0.2, 0.25) is 0 Å². The van der Waals surface area contributed by atoms with E-state index in [-0.39, 0.29) is 5.78 Å². The number of carbonyl (C=O) groups excluding carboxylic acids is 1. The number of nitriles is 1. The third-order valence-corrected chi connectivity index (χ3v) is 2.56. The summed E-state index contributed by atoms with van der Waals surface area (Å²) >= 11 is 2.04. The molecule has 0 aliphatic heterocycles. The summed E-state index contributed by atoms with van der Waals surface area (Å²) in [5.41, 5.74) is 0.927. The SMILES string of the molecule is COc1c(I)cc(C#N)cc1C(C)=O. The summed E-state index contributed by atoms with van der Waals surface area (Å²) in [7, 11) is 1.51. The van der Waals surface area contributed by atoms with Crippen molar-refractivity contribution in [3.8, 4) is 11.8 Å². The van der Waals surface area contributed by atoms with E-state index in [1.54, 1.807) is 12.1 Å². The van der Waals surface area contributed by atoms with Gasteiger partial charge in [0.1, 0.15) is 5.75 Å². The van der Waals surface area contributed by atoms with Crippen LogP contribution in [0.3, 0.4) is 0 Å². The number of hydrogen-bond donors (Lipinski definition) is 0. The number of nitrogens with zero attached hydrogens (tertiary/aromatic N) is 1. The zero-order valence-corrected chi connectivity index (χ0v) is 9.95. The number of ketones is 1. The molecule has 0 spiro atoms. The predicted molar refractivity (Wildman–Crippen MR) is 60.4 cm³/mol. The molecular weight excluding hydrogens is 293 g/mol. The zero-order chi connectivity index (χ0) is 10.7. The molecule has 0 bridgehead atoms. The Hall–Kier alpha value is -1.09. The minimum absolute atomic E-state index is 0.100. The molecule has 0 atom stereocenters. The number of benzene rings is 1. The monoisotopic (exact) mass is 301 g/mol. The number of ether oxygens (including phenoxy) is 1. The van der Waals surface area contributed by atoms with Crippen LogP contribution in [0.15, 0.2) is 12.1 Å². The Morgan fingerprint density at radius 2 is 2.21 bits per heavy atom. The van der Waals surface area contributed by atoms with Crippen LogP contribution in [0, 0.1) is 14.9 Å². The van der Waals surface area contributed by atoms with Crippen molar-refractivity contribution in [2.45, 2.75) is 6.92 Å². The van der Waals surface area contributed by atoms with Gasteiger partial charge in [0.05, 0.1) is 27.9 Å². The van der Waals surface area contributed by atoms with Crippen LogP contribution in [-0.2, 0) is 0 Å². The van der Waals surface area contributed by atoms with Crippen molar-refractivity contribution in [2.24, 2.45) is 0 Å². The number of carbonyl (C=O) groups is 1. The average molecular weight is 301 g/mol. The molecule has 3 nitrogen and oxygen atoms in total. The summed E-state index contributed by atoms with van der Waals surface area (Å²) < 4.78 is 5.87. The van der Waals surface area contributed by atoms with E-state index in [4.69, 9.17) is 10.00 Å². The first-order valence-corrected chi connectivity index (χ1v) is 4.96. The van der Waals surface area contributed by atoms with Gasteiger partial charge in [-0.3, -0.25) is 4.79 Å². The van der Waals surface area contributed by atoms with Crippen LogP contribution in [0.25, 0.3) is 0 Å². The topological polar surface area (TPSA) is 50.1 Å². The Bertz CT molecular complexity index is 421. The van der Waals surface area contributed by atoms with Gasteiger partial charge >= 0.3 is 0 Å². The van der Waals surface area contributed by atoms with Gasteiger partial charge < -0.3 is 4.74 Å². The summed E-state index contributed by atoms with van der Waals surface area (Å²) in [6, 6.07) is 5.23. The Balaban J connectivity index is 3.45. The van der Waals surface area contributed by atoms with Gasteiger partial charge in [-0.05, 0) is 41.6 Å².